The van der Waals surface area contributed by atoms with Crippen molar-refractivity contribution in [2.45, 2.75) is 0 Å². The predicted octanol–water partition coefficient (Wildman–Crippen LogP) is 2.48. The number of nitrogens with zero attached hydrogens (tertiary/aromatic N) is 1. The first-order valence-electron chi connectivity index (χ1n) is 5.87. The maximum atomic E-state index is 12.3. The summed E-state index contributed by atoms with van der Waals surface area (Å²) in [5.41, 5.74) is 5.80. The minimum Gasteiger partial charge on any atom is -0.384 e. The number of hydrogen-bond acceptors (Lipinski definition) is 4. The number of carbonyl (C=O) groups excluding carboxylic acids is 2. The van der Waals surface area contributed by atoms with Gasteiger partial charge in [-0.1, -0.05) is 11.6 Å². The van der Waals surface area contributed by atoms with Crippen LogP contribution < -0.4 is 16.6 Å². The molecule has 112 valence electrons. The molecule has 0 bridgehead atoms. The lowest BCUT2D eigenvalue weighted by Crippen LogP contribution is -2.24. The van der Waals surface area contributed by atoms with Crippen LogP contribution in [0.15, 0.2) is 31.9 Å². The largest absolute Gasteiger partial charge is 0.384 e. The molecule has 1 aliphatic rings. The second-order valence-corrected chi connectivity index (χ2v) is 6.59. The average Bonchev–Trinajstić information content (AvgIpc) is 2.71. The number of benzene rings is 1. The summed E-state index contributed by atoms with van der Waals surface area (Å²) >= 11 is 12.6. The Hall–Kier alpha value is -1.64. The summed E-state index contributed by atoms with van der Waals surface area (Å²) in [5, 5.41) is 2.55. The third-order valence-corrected chi connectivity index (χ3v) is 5.29. The number of pyridine rings is 1. The van der Waals surface area contributed by atoms with Crippen LogP contribution in [0.5, 0.6) is 0 Å². The molecule has 22 heavy (non-hydrogen) atoms. The molecule has 1 aliphatic heterocycles. The van der Waals surface area contributed by atoms with Crippen molar-refractivity contribution in [3.63, 3.8) is 0 Å². The highest BCUT2D eigenvalue weighted by Gasteiger charge is 2.31. The van der Waals surface area contributed by atoms with E-state index in [1.165, 1.54) is 0 Å². The fourth-order valence-corrected chi connectivity index (χ4v) is 3.49. The topological polar surface area (TPSA) is 94.2 Å². The zero-order valence-corrected chi connectivity index (χ0v) is 14.5. The molecule has 2 aromatic rings. The Bertz CT molecular complexity index is 900. The zero-order chi connectivity index (χ0) is 16.2. The van der Waals surface area contributed by atoms with E-state index in [4.69, 9.17) is 17.3 Å². The van der Waals surface area contributed by atoms with Crippen LogP contribution in [0.3, 0.4) is 0 Å². The van der Waals surface area contributed by atoms with Crippen molar-refractivity contribution in [1.82, 2.24) is 9.88 Å². The molecule has 3 N–H and O–H groups in total. The molecule has 1 aromatic carbocycles. The third-order valence-electron chi connectivity index (χ3n) is 3.18. The van der Waals surface area contributed by atoms with Crippen LogP contribution in [0.2, 0.25) is 5.02 Å². The van der Waals surface area contributed by atoms with Crippen molar-refractivity contribution in [1.29, 1.82) is 0 Å². The summed E-state index contributed by atoms with van der Waals surface area (Å²) in [4.78, 5) is 35.7. The van der Waals surface area contributed by atoms with E-state index in [9.17, 15) is 14.4 Å². The van der Waals surface area contributed by atoms with E-state index in [-0.39, 0.29) is 16.9 Å². The number of carbonyl (C=O) groups is 2. The molecule has 9 heteroatoms. The molecule has 0 saturated carbocycles. The SMILES string of the molecule is Nc1c2c(cc(=O)n1-c1cc(Br)c(Cl)c(Br)c1)C(=O)NC2=O. The Labute approximate surface area is 145 Å². The van der Waals surface area contributed by atoms with E-state index in [1.54, 1.807) is 12.1 Å². The molecule has 0 atom stereocenters. The van der Waals surface area contributed by atoms with E-state index < -0.39 is 17.4 Å². The van der Waals surface area contributed by atoms with Gasteiger partial charge in [-0.05, 0) is 44.0 Å². The Balaban J connectivity index is 2.35. The van der Waals surface area contributed by atoms with E-state index in [0.717, 1.165) is 10.6 Å². The number of amides is 2. The summed E-state index contributed by atoms with van der Waals surface area (Å²) in [6, 6.07) is 4.26. The number of fused-ring (bicyclic) bond motifs is 1. The highest BCUT2D eigenvalue weighted by Crippen LogP contribution is 2.34. The van der Waals surface area contributed by atoms with Crippen LogP contribution in [-0.4, -0.2) is 16.4 Å². The molecule has 0 saturated heterocycles. The first-order chi connectivity index (χ1) is 10.3. The minimum atomic E-state index is -0.630. The summed E-state index contributed by atoms with van der Waals surface area (Å²) in [5.74, 6) is -1.36. The molecule has 0 aliphatic carbocycles. The van der Waals surface area contributed by atoms with Gasteiger partial charge in [-0.15, -0.1) is 0 Å². The second-order valence-electron chi connectivity index (χ2n) is 4.50. The number of nitrogen functional groups attached to an aromatic ring is 1. The number of hydrogen-bond donors (Lipinski definition) is 2. The van der Waals surface area contributed by atoms with Gasteiger partial charge in [0, 0.05) is 15.0 Å². The molecule has 0 fully saturated rings. The lowest BCUT2D eigenvalue weighted by atomic mass is 10.1. The predicted molar refractivity (Wildman–Crippen MR) is 88.7 cm³/mol. The van der Waals surface area contributed by atoms with Gasteiger partial charge in [-0.3, -0.25) is 24.3 Å². The van der Waals surface area contributed by atoms with Crippen molar-refractivity contribution in [3.05, 3.63) is 53.6 Å². The van der Waals surface area contributed by atoms with Gasteiger partial charge in [0.2, 0.25) is 0 Å². The Morgan fingerprint density at radius 2 is 1.64 bits per heavy atom. The highest BCUT2D eigenvalue weighted by molar-refractivity contribution is 9.11. The summed E-state index contributed by atoms with van der Waals surface area (Å²) in [7, 11) is 0. The maximum absolute atomic E-state index is 12.3. The molecule has 6 nitrogen and oxygen atoms in total. The standard InChI is InChI=1S/C13H6Br2ClN3O3/c14-6-1-4(2-7(15)10(6)16)19-8(20)3-5-9(11(19)17)13(22)18-12(5)21/h1-3H,17H2,(H,18,21,22). The first-order valence-corrected chi connectivity index (χ1v) is 7.83. The zero-order valence-electron chi connectivity index (χ0n) is 10.6. The van der Waals surface area contributed by atoms with Crippen molar-refractivity contribution in [2.24, 2.45) is 0 Å². The van der Waals surface area contributed by atoms with Crippen molar-refractivity contribution in [2.75, 3.05) is 5.73 Å². The fraction of sp³-hybridized carbons (Fsp3) is 0. The molecule has 3 rings (SSSR count). The fourth-order valence-electron chi connectivity index (χ4n) is 2.22. The van der Waals surface area contributed by atoms with Gasteiger partial charge in [0.25, 0.3) is 17.4 Å². The number of aromatic nitrogens is 1. The van der Waals surface area contributed by atoms with Crippen LogP contribution in [0.4, 0.5) is 5.82 Å². The van der Waals surface area contributed by atoms with Crippen molar-refractivity contribution >= 4 is 61.1 Å². The van der Waals surface area contributed by atoms with Crippen LogP contribution in [-0.2, 0) is 0 Å². The molecular formula is C13H6Br2ClN3O3. The van der Waals surface area contributed by atoms with E-state index in [1.807, 2.05) is 0 Å². The average molecular weight is 447 g/mol. The number of imide groups is 1. The summed E-state index contributed by atoms with van der Waals surface area (Å²) in [6.45, 7) is 0. The number of anilines is 1. The number of rotatable bonds is 1. The second kappa shape index (κ2) is 5.22. The Morgan fingerprint density at radius 1 is 1.05 bits per heavy atom. The lowest BCUT2D eigenvalue weighted by molar-refractivity contribution is 0.0880. The van der Waals surface area contributed by atoms with Gasteiger partial charge in [0.1, 0.15) is 5.82 Å². The normalized spacial score (nSPS) is 13.2. The molecule has 2 heterocycles. The third kappa shape index (κ3) is 2.18. The summed E-state index contributed by atoms with van der Waals surface area (Å²) < 4.78 is 2.24. The number of nitrogens with one attached hydrogen (secondary N) is 1. The van der Waals surface area contributed by atoms with Gasteiger partial charge in [0.15, 0.2) is 0 Å². The van der Waals surface area contributed by atoms with Crippen LogP contribution in [0.25, 0.3) is 5.69 Å². The highest BCUT2D eigenvalue weighted by atomic mass is 79.9. The van der Waals surface area contributed by atoms with Gasteiger partial charge in [-0.2, -0.15) is 0 Å². The van der Waals surface area contributed by atoms with E-state index >= 15 is 0 Å². The Kier molecular flexibility index (Phi) is 3.62. The maximum Gasteiger partial charge on any atom is 0.262 e. The number of halogens is 3. The van der Waals surface area contributed by atoms with Gasteiger partial charge < -0.3 is 5.73 Å². The van der Waals surface area contributed by atoms with Gasteiger partial charge in [-0.25, -0.2) is 0 Å². The molecule has 1 aromatic heterocycles. The lowest BCUT2D eigenvalue weighted by Gasteiger charge is -2.13. The first kappa shape index (κ1) is 15.3. The van der Waals surface area contributed by atoms with Gasteiger partial charge in [0.05, 0.1) is 21.8 Å². The van der Waals surface area contributed by atoms with Crippen molar-refractivity contribution < 1.29 is 9.59 Å². The van der Waals surface area contributed by atoms with Crippen LogP contribution in [0, 0.1) is 0 Å². The Morgan fingerprint density at radius 3 is 2.23 bits per heavy atom. The molecule has 0 spiro atoms. The number of nitrogens with two attached hydrogens (primary N) is 1. The molecular weight excluding hydrogens is 441 g/mol. The smallest absolute Gasteiger partial charge is 0.262 e. The van der Waals surface area contributed by atoms with Crippen LogP contribution in [0.1, 0.15) is 20.7 Å². The molecule has 0 radical (unpaired) electrons. The van der Waals surface area contributed by atoms with Crippen LogP contribution >= 0.6 is 43.5 Å². The molecule has 0 unspecified atom stereocenters. The van der Waals surface area contributed by atoms with E-state index in [0.29, 0.717) is 19.7 Å². The van der Waals surface area contributed by atoms with Crippen molar-refractivity contribution in [3.8, 4) is 5.69 Å². The van der Waals surface area contributed by atoms with Gasteiger partial charge >= 0.3 is 0 Å². The monoisotopic (exact) mass is 445 g/mol. The minimum absolute atomic E-state index is 0.00760. The van der Waals surface area contributed by atoms with E-state index in [2.05, 4.69) is 37.2 Å². The summed E-state index contributed by atoms with van der Waals surface area (Å²) in [6.07, 6.45) is 0. The molecule has 2 amide bonds. The quantitative estimate of drug-likeness (QED) is 0.519.